The molecule has 1 unspecified atom stereocenters. The normalized spacial score (nSPS) is 13.3. The maximum absolute atomic E-state index is 4.31. The van der Waals surface area contributed by atoms with Crippen LogP contribution in [0.3, 0.4) is 0 Å². The molecule has 0 radical (unpaired) electrons. The van der Waals surface area contributed by atoms with Crippen molar-refractivity contribution in [1.82, 2.24) is 14.5 Å². The van der Waals surface area contributed by atoms with Gasteiger partial charge in [0.2, 0.25) is 0 Å². The fourth-order valence-corrected chi connectivity index (χ4v) is 4.03. The number of nitrogens with zero attached hydrogens (tertiary/aromatic N) is 3. The van der Waals surface area contributed by atoms with Crippen LogP contribution in [-0.4, -0.2) is 14.5 Å². The monoisotopic (exact) mass is 357 g/mol. The summed E-state index contributed by atoms with van der Waals surface area (Å²) < 4.78 is 2.30. The summed E-state index contributed by atoms with van der Waals surface area (Å²) in [5.41, 5.74) is 5.30. The molecule has 3 aromatic heterocycles. The summed E-state index contributed by atoms with van der Waals surface area (Å²) >= 11 is 0. The van der Waals surface area contributed by atoms with E-state index >= 15 is 0 Å². The van der Waals surface area contributed by atoms with Crippen molar-refractivity contribution in [3.8, 4) is 5.69 Å². The van der Waals surface area contributed by atoms with E-state index < -0.39 is 0 Å². The van der Waals surface area contributed by atoms with Gasteiger partial charge in [-0.2, -0.15) is 0 Å². The summed E-state index contributed by atoms with van der Waals surface area (Å²) in [6.45, 7) is 9.34. The number of pyridine rings is 2. The highest BCUT2D eigenvalue weighted by Crippen LogP contribution is 2.35. The van der Waals surface area contributed by atoms with Crippen molar-refractivity contribution < 1.29 is 0 Å². The molecule has 0 saturated heterocycles. The van der Waals surface area contributed by atoms with E-state index in [0.717, 1.165) is 10.8 Å². The van der Waals surface area contributed by atoms with Crippen LogP contribution in [-0.2, 0) is 0 Å². The Morgan fingerprint density at radius 2 is 1.44 bits per heavy atom. The molecule has 0 N–H and O–H groups in total. The van der Waals surface area contributed by atoms with E-state index in [0.29, 0.717) is 11.3 Å². The summed E-state index contributed by atoms with van der Waals surface area (Å²) in [6, 6.07) is 13.2. The third-order valence-corrected chi connectivity index (χ3v) is 5.90. The van der Waals surface area contributed by atoms with Gasteiger partial charge in [0.05, 0.1) is 11.0 Å². The number of benzene rings is 1. The first-order valence-electron chi connectivity index (χ1n) is 9.78. The fraction of sp³-hybridized carbons (Fsp3) is 0.333. The number of hydrogen-bond acceptors (Lipinski definition) is 2. The lowest BCUT2D eigenvalue weighted by molar-refractivity contribution is 0.299. The number of fused-ring (bicyclic) bond motifs is 3. The molecule has 3 heterocycles. The van der Waals surface area contributed by atoms with Gasteiger partial charge in [0.1, 0.15) is 0 Å². The molecule has 0 aliphatic heterocycles. The summed E-state index contributed by atoms with van der Waals surface area (Å²) in [5, 5.41) is 2.28. The molecule has 1 aromatic carbocycles. The first kappa shape index (κ1) is 17.7. The highest BCUT2D eigenvalue weighted by atomic mass is 15.0. The maximum atomic E-state index is 4.31. The Bertz CT molecular complexity index is 1020. The predicted octanol–water partition coefficient (Wildman–Crippen LogP) is 6.50. The molecular formula is C24H27N3. The first-order chi connectivity index (χ1) is 13.0. The lowest BCUT2D eigenvalue weighted by Gasteiger charge is -2.27. The molecule has 27 heavy (non-hydrogen) atoms. The summed E-state index contributed by atoms with van der Waals surface area (Å²) in [4.78, 5) is 8.62. The minimum Gasteiger partial charge on any atom is -0.309 e. The lowest BCUT2D eigenvalue weighted by Crippen LogP contribution is -2.13. The molecule has 1 atom stereocenters. The number of hydrogen-bond donors (Lipinski definition) is 0. The first-order valence-corrected chi connectivity index (χ1v) is 9.78. The van der Waals surface area contributed by atoms with E-state index in [1.54, 1.807) is 0 Å². The van der Waals surface area contributed by atoms with Crippen molar-refractivity contribution in [2.24, 2.45) is 5.41 Å². The average molecular weight is 358 g/mol. The van der Waals surface area contributed by atoms with Gasteiger partial charge in [-0.05, 0) is 47.6 Å². The van der Waals surface area contributed by atoms with Gasteiger partial charge in [-0.25, -0.2) is 0 Å². The van der Waals surface area contributed by atoms with Crippen LogP contribution in [0, 0.1) is 5.41 Å². The predicted molar refractivity (Wildman–Crippen MR) is 113 cm³/mol. The largest absolute Gasteiger partial charge is 0.309 e. The van der Waals surface area contributed by atoms with Crippen LogP contribution in [0.1, 0.15) is 52.0 Å². The highest BCUT2D eigenvalue weighted by molar-refractivity contribution is 6.08. The van der Waals surface area contributed by atoms with E-state index in [4.69, 9.17) is 0 Å². The van der Waals surface area contributed by atoms with Crippen LogP contribution in [0.15, 0.2) is 61.2 Å². The van der Waals surface area contributed by atoms with E-state index in [9.17, 15) is 0 Å². The molecule has 4 aromatic rings. The van der Waals surface area contributed by atoms with Gasteiger partial charge in [0.25, 0.3) is 0 Å². The third kappa shape index (κ3) is 3.23. The van der Waals surface area contributed by atoms with Crippen LogP contribution in [0.2, 0.25) is 0 Å². The van der Waals surface area contributed by atoms with Crippen molar-refractivity contribution >= 4 is 21.8 Å². The lowest BCUT2D eigenvalue weighted by atomic mass is 9.79. The summed E-state index contributed by atoms with van der Waals surface area (Å²) in [5.74, 6) is 0.556. The van der Waals surface area contributed by atoms with Gasteiger partial charge in [-0.3, -0.25) is 9.97 Å². The van der Waals surface area contributed by atoms with Gasteiger partial charge in [-0.1, -0.05) is 46.2 Å². The molecule has 0 amide bonds. The van der Waals surface area contributed by atoms with Crippen LogP contribution >= 0.6 is 0 Å². The Hall–Kier alpha value is -2.68. The Labute approximate surface area is 161 Å². The molecular weight excluding hydrogens is 330 g/mol. The Morgan fingerprint density at radius 3 is 1.96 bits per heavy atom. The van der Waals surface area contributed by atoms with E-state index in [-0.39, 0.29) is 0 Å². The smallest absolute Gasteiger partial charge is 0.0572 e. The average Bonchev–Trinajstić information content (AvgIpc) is 3.02. The van der Waals surface area contributed by atoms with Crippen LogP contribution in [0.4, 0.5) is 0 Å². The van der Waals surface area contributed by atoms with E-state index in [1.807, 2.05) is 24.8 Å². The SMILES string of the molecule is CCC(C)(C)CC(C)c1ccc(-n2c3ccncc3c3cnccc32)cc1. The standard InChI is InChI=1S/C24H27N3/c1-5-24(3,4)14-17(2)18-6-8-19(9-7-18)27-22-10-12-25-15-20(22)21-16-26-13-11-23(21)27/h6-13,15-17H,5,14H2,1-4H3. The second-order valence-corrected chi connectivity index (χ2v) is 8.34. The fourth-order valence-electron chi connectivity index (χ4n) is 4.03. The molecule has 0 aliphatic carbocycles. The molecule has 0 saturated carbocycles. The van der Waals surface area contributed by atoms with Gasteiger partial charge < -0.3 is 4.57 Å². The molecule has 0 spiro atoms. The van der Waals surface area contributed by atoms with Crippen molar-refractivity contribution in [2.75, 3.05) is 0 Å². The van der Waals surface area contributed by atoms with Gasteiger partial charge in [-0.15, -0.1) is 0 Å². The summed E-state index contributed by atoms with van der Waals surface area (Å²) in [6.07, 6.45) is 9.98. The Balaban J connectivity index is 1.76. The van der Waals surface area contributed by atoms with Gasteiger partial charge >= 0.3 is 0 Å². The molecule has 4 rings (SSSR count). The minimum absolute atomic E-state index is 0.380. The third-order valence-electron chi connectivity index (χ3n) is 5.90. The molecule has 0 fully saturated rings. The van der Waals surface area contributed by atoms with Crippen molar-refractivity contribution in [1.29, 1.82) is 0 Å². The quantitative estimate of drug-likeness (QED) is 0.408. The zero-order valence-corrected chi connectivity index (χ0v) is 16.6. The second kappa shape index (κ2) is 6.80. The van der Waals surface area contributed by atoms with Crippen molar-refractivity contribution in [2.45, 2.75) is 46.5 Å². The van der Waals surface area contributed by atoms with Crippen LogP contribution < -0.4 is 0 Å². The Kier molecular flexibility index (Phi) is 4.47. The van der Waals surface area contributed by atoms with Crippen molar-refractivity contribution in [3.05, 3.63) is 66.7 Å². The molecule has 0 bridgehead atoms. The van der Waals surface area contributed by atoms with Crippen LogP contribution in [0.25, 0.3) is 27.5 Å². The van der Waals surface area contributed by atoms with Crippen LogP contribution in [0.5, 0.6) is 0 Å². The molecule has 138 valence electrons. The minimum atomic E-state index is 0.380. The number of rotatable bonds is 5. The zero-order valence-electron chi connectivity index (χ0n) is 16.6. The Morgan fingerprint density at radius 1 is 0.889 bits per heavy atom. The number of aromatic nitrogens is 3. The highest BCUT2D eigenvalue weighted by Gasteiger charge is 2.20. The maximum Gasteiger partial charge on any atom is 0.0572 e. The van der Waals surface area contributed by atoms with E-state index in [1.165, 1.54) is 35.1 Å². The zero-order chi connectivity index (χ0) is 19.0. The molecule has 3 nitrogen and oxygen atoms in total. The molecule has 0 aliphatic rings. The van der Waals surface area contributed by atoms with Gasteiger partial charge in [0.15, 0.2) is 0 Å². The topological polar surface area (TPSA) is 30.7 Å². The van der Waals surface area contributed by atoms with Gasteiger partial charge in [0, 0.05) is 41.2 Å². The molecule has 3 heteroatoms. The summed E-state index contributed by atoms with van der Waals surface area (Å²) in [7, 11) is 0. The van der Waals surface area contributed by atoms with Crippen molar-refractivity contribution in [3.63, 3.8) is 0 Å². The second-order valence-electron chi connectivity index (χ2n) is 8.34. The van der Waals surface area contributed by atoms with E-state index in [2.05, 4.69) is 78.6 Å².